The molecule has 0 aliphatic heterocycles. The molecule has 1 N–H and O–H groups in total. The number of nitrogens with one attached hydrogen (secondary N) is 1. The van der Waals surface area contributed by atoms with Gasteiger partial charge < -0.3 is 9.88 Å². The molecule has 1 amide bonds. The number of benzene rings is 1. The highest BCUT2D eigenvalue weighted by molar-refractivity contribution is 5.76. The van der Waals surface area contributed by atoms with E-state index in [1.807, 2.05) is 59.3 Å². The molecule has 2 aromatic heterocycles. The standard InChI is InChI=1S/C19H20N4O/c24-18(10-9-16-6-2-1-3-7-16)21-12-14-23-15-13-22-19(23)17-8-4-5-11-20-17/h1-8,11,13,15H,9-10,12,14H2,(H,21,24). The van der Waals surface area contributed by atoms with E-state index in [1.165, 1.54) is 5.56 Å². The lowest BCUT2D eigenvalue weighted by molar-refractivity contribution is -0.121. The topological polar surface area (TPSA) is 59.8 Å². The molecule has 0 saturated carbocycles. The Morgan fingerprint density at radius 2 is 1.83 bits per heavy atom. The Morgan fingerprint density at radius 1 is 1.00 bits per heavy atom. The fourth-order valence-corrected chi connectivity index (χ4v) is 2.52. The summed E-state index contributed by atoms with van der Waals surface area (Å²) in [5.41, 5.74) is 2.01. The number of amides is 1. The number of carbonyl (C=O) groups is 1. The Hall–Kier alpha value is -2.95. The maximum atomic E-state index is 12.0. The maximum absolute atomic E-state index is 12.0. The molecule has 0 saturated heterocycles. The molecule has 3 rings (SSSR count). The van der Waals surface area contributed by atoms with E-state index in [9.17, 15) is 4.79 Å². The lowest BCUT2D eigenvalue weighted by Crippen LogP contribution is -2.27. The van der Waals surface area contributed by atoms with Crippen molar-refractivity contribution in [3.8, 4) is 11.5 Å². The van der Waals surface area contributed by atoms with Crippen molar-refractivity contribution in [2.24, 2.45) is 0 Å². The van der Waals surface area contributed by atoms with E-state index in [0.717, 1.165) is 17.9 Å². The number of aromatic nitrogens is 3. The quantitative estimate of drug-likeness (QED) is 0.728. The molecule has 5 nitrogen and oxygen atoms in total. The number of rotatable bonds is 7. The van der Waals surface area contributed by atoms with Crippen molar-refractivity contribution in [2.75, 3.05) is 6.54 Å². The maximum Gasteiger partial charge on any atom is 0.220 e. The van der Waals surface area contributed by atoms with Crippen LogP contribution in [0.1, 0.15) is 12.0 Å². The van der Waals surface area contributed by atoms with Crippen LogP contribution in [0, 0.1) is 0 Å². The van der Waals surface area contributed by atoms with Gasteiger partial charge in [0.05, 0.1) is 0 Å². The Labute approximate surface area is 141 Å². The van der Waals surface area contributed by atoms with E-state index in [1.54, 1.807) is 12.4 Å². The van der Waals surface area contributed by atoms with Gasteiger partial charge >= 0.3 is 0 Å². The molecule has 0 aliphatic rings. The first kappa shape index (κ1) is 15.9. The van der Waals surface area contributed by atoms with E-state index in [2.05, 4.69) is 15.3 Å². The lowest BCUT2D eigenvalue weighted by Gasteiger charge is -2.09. The third-order valence-corrected chi connectivity index (χ3v) is 3.77. The summed E-state index contributed by atoms with van der Waals surface area (Å²) < 4.78 is 2.00. The summed E-state index contributed by atoms with van der Waals surface area (Å²) in [4.78, 5) is 20.6. The molecular formula is C19H20N4O. The molecule has 0 spiro atoms. The zero-order chi connectivity index (χ0) is 16.6. The first-order chi connectivity index (χ1) is 11.8. The summed E-state index contributed by atoms with van der Waals surface area (Å²) in [6.07, 6.45) is 6.67. The molecule has 0 unspecified atom stereocenters. The summed E-state index contributed by atoms with van der Waals surface area (Å²) in [6, 6.07) is 15.8. The number of nitrogens with zero attached hydrogens (tertiary/aromatic N) is 3. The number of carbonyl (C=O) groups excluding carboxylic acids is 1. The summed E-state index contributed by atoms with van der Waals surface area (Å²) >= 11 is 0. The van der Waals surface area contributed by atoms with Gasteiger partial charge in [0, 0.05) is 38.1 Å². The number of imidazole rings is 1. The highest BCUT2D eigenvalue weighted by Gasteiger charge is 2.07. The second kappa shape index (κ2) is 8.06. The van der Waals surface area contributed by atoms with E-state index in [4.69, 9.17) is 0 Å². The molecule has 3 aromatic rings. The van der Waals surface area contributed by atoms with E-state index in [-0.39, 0.29) is 5.91 Å². The molecule has 0 atom stereocenters. The lowest BCUT2D eigenvalue weighted by atomic mass is 10.1. The molecule has 24 heavy (non-hydrogen) atoms. The monoisotopic (exact) mass is 320 g/mol. The van der Waals surface area contributed by atoms with Crippen LogP contribution < -0.4 is 5.32 Å². The largest absolute Gasteiger partial charge is 0.354 e. The third kappa shape index (κ3) is 4.29. The highest BCUT2D eigenvalue weighted by atomic mass is 16.1. The Balaban J connectivity index is 1.47. The van der Waals surface area contributed by atoms with Crippen LogP contribution in [0.5, 0.6) is 0 Å². The normalized spacial score (nSPS) is 10.5. The van der Waals surface area contributed by atoms with Crippen LogP contribution >= 0.6 is 0 Å². The number of pyridine rings is 1. The van der Waals surface area contributed by atoms with Gasteiger partial charge in [-0.05, 0) is 24.1 Å². The van der Waals surface area contributed by atoms with Crippen molar-refractivity contribution in [3.05, 3.63) is 72.7 Å². The molecule has 0 bridgehead atoms. The third-order valence-electron chi connectivity index (χ3n) is 3.77. The van der Waals surface area contributed by atoms with Crippen LogP contribution in [0.2, 0.25) is 0 Å². The molecule has 0 fully saturated rings. The van der Waals surface area contributed by atoms with Gasteiger partial charge in [0.2, 0.25) is 5.91 Å². The SMILES string of the molecule is O=C(CCc1ccccc1)NCCn1ccnc1-c1ccccn1. The first-order valence-corrected chi connectivity index (χ1v) is 8.06. The van der Waals surface area contributed by atoms with Crippen molar-refractivity contribution < 1.29 is 4.79 Å². The van der Waals surface area contributed by atoms with Crippen LogP contribution in [0.3, 0.4) is 0 Å². The Bertz CT molecular complexity index is 768. The molecule has 0 aliphatic carbocycles. The fourth-order valence-electron chi connectivity index (χ4n) is 2.52. The number of hydrogen-bond acceptors (Lipinski definition) is 3. The number of hydrogen-bond donors (Lipinski definition) is 1. The predicted molar refractivity (Wildman–Crippen MR) is 93.2 cm³/mol. The second-order valence-corrected chi connectivity index (χ2v) is 5.49. The van der Waals surface area contributed by atoms with Crippen LogP contribution in [-0.4, -0.2) is 27.0 Å². The second-order valence-electron chi connectivity index (χ2n) is 5.49. The van der Waals surface area contributed by atoms with Gasteiger partial charge in [-0.1, -0.05) is 36.4 Å². The number of aryl methyl sites for hydroxylation is 1. The summed E-state index contributed by atoms with van der Waals surface area (Å²) in [5.74, 6) is 0.882. The molecule has 1 aromatic carbocycles. The van der Waals surface area contributed by atoms with Crippen LogP contribution in [0.25, 0.3) is 11.5 Å². The van der Waals surface area contributed by atoms with Crippen molar-refractivity contribution in [1.29, 1.82) is 0 Å². The van der Waals surface area contributed by atoms with E-state index < -0.39 is 0 Å². The summed E-state index contributed by atoms with van der Waals surface area (Å²) in [7, 11) is 0. The molecule has 5 heteroatoms. The van der Waals surface area contributed by atoms with Gasteiger partial charge in [0.15, 0.2) is 5.82 Å². The summed E-state index contributed by atoms with van der Waals surface area (Å²) in [5, 5.41) is 2.96. The smallest absolute Gasteiger partial charge is 0.220 e. The van der Waals surface area contributed by atoms with Gasteiger partial charge in [0.1, 0.15) is 5.69 Å². The summed E-state index contributed by atoms with van der Waals surface area (Å²) in [6.45, 7) is 1.24. The van der Waals surface area contributed by atoms with Crippen molar-refractivity contribution in [2.45, 2.75) is 19.4 Å². The van der Waals surface area contributed by atoms with E-state index in [0.29, 0.717) is 19.5 Å². The minimum atomic E-state index is 0.0679. The Kier molecular flexibility index (Phi) is 5.35. The molecule has 122 valence electrons. The van der Waals surface area contributed by atoms with Gasteiger partial charge in [-0.25, -0.2) is 4.98 Å². The Morgan fingerprint density at radius 3 is 2.62 bits per heavy atom. The molecule has 0 radical (unpaired) electrons. The van der Waals surface area contributed by atoms with Crippen LogP contribution in [0.15, 0.2) is 67.1 Å². The fraction of sp³-hybridized carbons (Fsp3) is 0.211. The average molecular weight is 320 g/mol. The molecular weight excluding hydrogens is 300 g/mol. The highest BCUT2D eigenvalue weighted by Crippen LogP contribution is 2.13. The zero-order valence-corrected chi connectivity index (χ0v) is 13.4. The van der Waals surface area contributed by atoms with Crippen LogP contribution in [-0.2, 0) is 17.8 Å². The molecule has 2 heterocycles. The van der Waals surface area contributed by atoms with Crippen molar-refractivity contribution in [1.82, 2.24) is 19.9 Å². The van der Waals surface area contributed by atoms with Crippen LogP contribution in [0.4, 0.5) is 0 Å². The van der Waals surface area contributed by atoms with Gasteiger partial charge in [-0.15, -0.1) is 0 Å². The van der Waals surface area contributed by atoms with E-state index >= 15 is 0 Å². The minimum Gasteiger partial charge on any atom is -0.354 e. The van der Waals surface area contributed by atoms with Crippen molar-refractivity contribution in [3.63, 3.8) is 0 Å². The first-order valence-electron chi connectivity index (χ1n) is 8.06. The van der Waals surface area contributed by atoms with Gasteiger partial charge in [-0.2, -0.15) is 0 Å². The van der Waals surface area contributed by atoms with Crippen molar-refractivity contribution >= 4 is 5.91 Å². The average Bonchev–Trinajstić information content (AvgIpc) is 3.10. The zero-order valence-electron chi connectivity index (χ0n) is 13.4. The van der Waals surface area contributed by atoms with Gasteiger partial charge in [-0.3, -0.25) is 9.78 Å². The predicted octanol–water partition coefficient (Wildman–Crippen LogP) is 2.69. The minimum absolute atomic E-state index is 0.0679. The van der Waals surface area contributed by atoms with Gasteiger partial charge in [0.25, 0.3) is 0 Å².